The fourth-order valence-corrected chi connectivity index (χ4v) is 2.35. The molecule has 0 saturated carbocycles. The molecule has 0 aliphatic carbocycles. The molecule has 0 bridgehead atoms. The summed E-state index contributed by atoms with van der Waals surface area (Å²) < 4.78 is 76.1. The normalized spacial score (nSPS) is 12.1. The SMILES string of the molecule is N#Cc1c(C(N)=O)c(Cl)c([CH]C(F)(F)F)c(Cl)c1C(F)(F)F. The molecule has 119 valence electrons. The first kappa shape index (κ1) is 18.4. The van der Waals surface area contributed by atoms with E-state index in [-0.39, 0.29) is 0 Å². The van der Waals surface area contributed by atoms with Gasteiger partial charge in [-0.3, -0.25) is 4.79 Å². The molecule has 0 aromatic heterocycles. The molecule has 2 N–H and O–H groups in total. The van der Waals surface area contributed by atoms with Crippen LogP contribution in [0.4, 0.5) is 26.3 Å². The summed E-state index contributed by atoms with van der Waals surface area (Å²) >= 11 is 10.8. The Hall–Kier alpha value is -1.66. The summed E-state index contributed by atoms with van der Waals surface area (Å²) in [5.41, 5.74) is -0.924. The summed E-state index contributed by atoms with van der Waals surface area (Å²) in [5.74, 6) is -1.60. The molecule has 0 spiro atoms. The highest BCUT2D eigenvalue weighted by Gasteiger charge is 2.42. The molecule has 0 saturated heterocycles. The van der Waals surface area contributed by atoms with Crippen LogP contribution in [0.3, 0.4) is 0 Å². The van der Waals surface area contributed by atoms with Crippen molar-refractivity contribution >= 4 is 29.1 Å². The molecule has 0 aliphatic rings. The molecule has 22 heavy (non-hydrogen) atoms. The predicted octanol–water partition coefficient (Wildman–Crippen LogP) is 4.10. The lowest BCUT2D eigenvalue weighted by Gasteiger charge is -2.19. The van der Waals surface area contributed by atoms with E-state index in [4.69, 9.17) is 34.2 Å². The van der Waals surface area contributed by atoms with Gasteiger partial charge in [0.25, 0.3) is 5.91 Å². The van der Waals surface area contributed by atoms with Gasteiger partial charge in [-0.15, -0.1) is 0 Å². The number of halogens is 8. The van der Waals surface area contributed by atoms with E-state index in [2.05, 4.69) is 0 Å². The smallest absolute Gasteiger partial charge is 0.366 e. The molecule has 1 aromatic carbocycles. The third-order valence-electron chi connectivity index (χ3n) is 2.36. The van der Waals surface area contributed by atoms with Crippen LogP contribution in [-0.4, -0.2) is 12.1 Å². The average molecular weight is 364 g/mol. The quantitative estimate of drug-likeness (QED) is 0.803. The minimum absolute atomic E-state index is 0.611. The fraction of sp³-hybridized carbons (Fsp3) is 0.182. The van der Waals surface area contributed by atoms with Crippen LogP contribution in [-0.2, 0) is 6.18 Å². The van der Waals surface area contributed by atoms with Gasteiger partial charge in [0.05, 0.1) is 33.2 Å². The van der Waals surface area contributed by atoms with Gasteiger partial charge >= 0.3 is 12.4 Å². The predicted molar refractivity (Wildman–Crippen MR) is 64.2 cm³/mol. The second kappa shape index (κ2) is 5.85. The van der Waals surface area contributed by atoms with E-state index in [0.29, 0.717) is 0 Å². The molecule has 0 heterocycles. The zero-order chi connectivity index (χ0) is 17.5. The van der Waals surface area contributed by atoms with E-state index in [1.165, 1.54) is 0 Å². The van der Waals surface area contributed by atoms with Crippen molar-refractivity contribution in [2.75, 3.05) is 0 Å². The minimum Gasteiger partial charge on any atom is -0.366 e. The van der Waals surface area contributed by atoms with Crippen molar-refractivity contribution in [3.63, 3.8) is 0 Å². The van der Waals surface area contributed by atoms with E-state index in [0.717, 1.165) is 6.07 Å². The van der Waals surface area contributed by atoms with Crippen molar-refractivity contribution in [3.05, 3.63) is 38.7 Å². The maximum absolute atomic E-state index is 13.0. The van der Waals surface area contributed by atoms with Crippen molar-refractivity contribution in [3.8, 4) is 6.07 Å². The molecule has 11 heteroatoms. The van der Waals surface area contributed by atoms with Crippen molar-refractivity contribution in [2.45, 2.75) is 12.4 Å². The Morgan fingerprint density at radius 2 is 1.64 bits per heavy atom. The topological polar surface area (TPSA) is 66.9 Å². The third kappa shape index (κ3) is 3.56. The third-order valence-corrected chi connectivity index (χ3v) is 3.15. The molecule has 0 unspecified atom stereocenters. The maximum Gasteiger partial charge on any atom is 0.419 e. The molecule has 0 atom stereocenters. The molecule has 1 rings (SSSR count). The van der Waals surface area contributed by atoms with Crippen LogP contribution in [0, 0.1) is 17.8 Å². The van der Waals surface area contributed by atoms with Gasteiger partial charge < -0.3 is 5.73 Å². The minimum atomic E-state index is -5.30. The van der Waals surface area contributed by atoms with E-state index in [9.17, 15) is 31.1 Å². The highest BCUT2D eigenvalue weighted by Crippen LogP contribution is 2.45. The van der Waals surface area contributed by atoms with Crippen LogP contribution in [0.15, 0.2) is 0 Å². The fourth-order valence-electron chi connectivity index (χ4n) is 1.61. The van der Waals surface area contributed by atoms with Crippen LogP contribution >= 0.6 is 23.2 Å². The second-order valence-electron chi connectivity index (χ2n) is 3.83. The lowest BCUT2D eigenvalue weighted by molar-refractivity contribution is -0.137. The zero-order valence-electron chi connectivity index (χ0n) is 10.0. The molecule has 1 radical (unpaired) electrons. The number of rotatable bonds is 2. The Kier molecular flexibility index (Phi) is 4.89. The number of hydrogen-bond acceptors (Lipinski definition) is 2. The number of carbonyl (C=O) groups excluding carboxylic acids is 1. The maximum atomic E-state index is 13.0. The second-order valence-corrected chi connectivity index (χ2v) is 4.58. The van der Waals surface area contributed by atoms with E-state index >= 15 is 0 Å². The zero-order valence-corrected chi connectivity index (χ0v) is 11.5. The summed E-state index contributed by atoms with van der Waals surface area (Å²) in [6.45, 7) is 0. The molecular formula is C11H3Cl2F6N2O. The summed E-state index contributed by atoms with van der Waals surface area (Å²) in [6.07, 6.45) is -11.0. The Labute approximate surface area is 129 Å². The van der Waals surface area contributed by atoms with Gasteiger partial charge in [-0.05, 0) is 0 Å². The average Bonchev–Trinajstić information content (AvgIpc) is 2.29. The van der Waals surface area contributed by atoms with Gasteiger partial charge in [0.2, 0.25) is 0 Å². The first-order chi connectivity index (χ1) is 9.81. The molecule has 1 aromatic rings. The van der Waals surface area contributed by atoms with Crippen LogP contribution in [0.1, 0.15) is 27.0 Å². The number of carbonyl (C=O) groups is 1. The van der Waals surface area contributed by atoms with Crippen molar-refractivity contribution in [1.82, 2.24) is 0 Å². The van der Waals surface area contributed by atoms with Crippen LogP contribution in [0.5, 0.6) is 0 Å². The molecule has 0 aliphatic heterocycles. The standard InChI is InChI=1S/C11H3Cl2F6N2O/c12-7-3(1-10(14,15)16)8(13)6(11(17,18)19)4(2-20)5(7)9(21)22/h1H,(H2,21,22). The Morgan fingerprint density at radius 1 is 1.14 bits per heavy atom. The molecule has 0 fully saturated rings. The van der Waals surface area contributed by atoms with Gasteiger partial charge in [-0.25, -0.2) is 0 Å². The van der Waals surface area contributed by atoms with Gasteiger partial charge in [0.15, 0.2) is 0 Å². The number of nitrogens with zero attached hydrogens (tertiary/aromatic N) is 1. The van der Waals surface area contributed by atoms with Crippen LogP contribution < -0.4 is 5.73 Å². The first-order valence-corrected chi connectivity index (χ1v) is 5.81. The number of nitriles is 1. The summed E-state index contributed by atoms with van der Waals surface area (Å²) in [6, 6.07) is 1.04. The van der Waals surface area contributed by atoms with Gasteiger partial charge in [-0.2, -0.15) is 31.6 Å². The molecule has 1 amide bonds. The number of benzene rings is 1. The largest absolute Gasteiger partial charge is 0.419 e. The Bertz CT molecular complexity index is 675. The number of hydrogen-bond donors (Lipinski definition) is 1. The Morgan fingerprint density at radius 3 is 1.95 bits per heavy atom. The number of amides is 1. The van der Waals surface area contributed by atoms with Gasteiger partial charge in [0.1, 0.15) is 6.07 Å². The van der Waals surface area contributed by atoms with Crippen molar-refractivity contribution in [2.24, 2.45) is 5.73 Å². The highest BCUT2D eigenvalue weighted by atomic mass is 35.5. The lowest BCUT2D eigenvalue weighted by atomic mass is 9.95. The van der Waals surface area contributed by atoms with Crippen LogP contribution in [0.25, 0.3) is 0 Å². The molecular weight excluding hydrogens is 361 g/mol. The van der Waals surface area contributed by atoms with E-state index in [1.807, 2.05) is 0 Å². The number of alkyl halides is 6. The van der Waals surface area contributed by atoms with E-state index < -0.39 is 57.0 Å². The first-order valence-electron chi connectivity index (χ1n) is 5.06. The molecule has 3 nitrogen and oxygen atoms in total. The number of primary amides is 1. The summed E-state index contributed by atoms with van der Waals surface area (Å²) in [4.78, 5) is 11.2. The monoisotopic (exact) mass is 363 g/mol. The van der Waals surface area contributed by atoms with Crippen molar-refractivity contribution < 1.29 is 31.1 Å². The van der Waals surface area contributed by atoms with Gasteiger partial charge in [-0.1, -0.05) is 23.2 Å². The number of nitrogens with two attached hydrogens (primary N) is 1. The van der Waals surface area contributed by atoms with Gasteiger partial charge in [0, 0.05) is 5.56 Å². The van der Waals surface area contributed by atoms with Crippen molar-refractivity contribution in [1.29, 1.82) is 5.26 Å². The highest BCUT2D eigenvalue weighted by molar-refractivity contribution is 6.39. The summed E-state index contributed by atoms with van der Waals surface area (Å²) in [5, 5.41) is 6.24. The van der Waals surface area contributed by atoms with Crippen LogP contribution in [0.2, 0.25) is 10.0 Å². The van der Waals surface area contributed by atoms with E-state index in [1.54, 1.807) is 0 Å². The Balaban J connectivity index is 3.94. The lowest BCUT2D eigenvalue weighted by Crippen LogP contribution is -2.21. The summed E-state index contributed by atoms with van der Waals surface area (Å²) in [7, 11) is 0.